The molecule has 0 bridgehead atoms. The molecule has 1 atom stereocenters. The molecule has 0 aliphatic carbocycles. The summed E-state index contributed by atoms with van der Waals surface area (Å²) in [4.78, 5) is 11.9. The van der Waals surface area contributed by atoms with Gasteiger partial charge in [0, 0.05) is 13.1 Å². The summed E-state index contributed by atoms with van der Waals surface area (Å²) >= 11 is 0. The first-order chi connectivity index (χ1) is 4.61. The Kier molecular flexibility index (Phi) is 1.50. The SMILES string of the molecule is CN1C(N)=CC(=O)NC1O. The van der Waals surface area contributed by atoms with E-state index in [1.165, 1.54) is 11.0 Å². The van der Waals surface area contributed by atoms with Crippen LogP contribution in [0.4, 0.5) is 0 Å². The van der Waals surface area contributed by atoms with Crippen molar-refractivity contribution < 1.29 is 9.90 Å². The molecule has 0 aromatic heterocycles. The van der Waals surface area contributed by atoms with Gasteiger partial charge in [-0.1, -0.05) is 0 Å². The lowest BCUT2D eigenvalue weighted by molar-refractivity contribution is -0.124. The summed E-state index contributed by atoms with van der Waals surface area (Å²) < 4.78 is 0. The van der Waals surface area contributed by atoms with Crippen LogP contribution < -0.4 is 11.1 Å². The standard InChI is InChI=1S/C5H9N3O2/c1-8-3(6)2-4(9)7-5(8)10/h2,5,10H,6H2,1H3,(H,7,9). The number of hydrogen-bond acceptors (Lipinski definition) is 4. The quantitative estimate of drug-likeness (QED) is 0.371. The first-order valence-electron chi connectivity index (χ1n) is 2.80. The van der Waals surface area contributed by atoms with E-state index < -0.39 is 6.35 Å². The van der Waals surface area contributed by atoms with Crippen LogP contribution in [0.1, 0.15) is 0 Å². The summed E-state index contributed by atoms with van der Waals surface area (Å²) in [5.41, 5.74) is 5.33. The summed E-state index contributed by atoms with van der Waals surface area (Å²) in [5, 5.41) is 11.2. The highest BCUT2D eigenvalue weighted by atomic mass is 16.3. The Hall–Kier alpha value is -1.23. The van der Waals surface area contributed by atoms with Crippen molar-refractivity contribution in [2.24, 2.45) is 5.73 Å². The van der Waals surface area contributed by atoms with E-state index in [0.29, 0.717) is 0 Å². The van der Waals surface area contributed by atoms with Gasteiger partial charge in [0.15, 0.2) is 0 Å². The maximum absolute atomic E-state index is 10.6. The third-order valence-corrected chi connectivity index (χ3v) is 1.32. The van der Waals surface area contributed by atoms with Crippen molar-refractivity contribution in [1.82, 2.24) is 10.2 Å². The monoisotopic (exact) mass is 143 g/mol. The number of hydrogen-bond donors (Lipinski definition) is 3. The zero-order valence-electron chi connectivity index (χ0n) is 5.53. The molecule has 0 saturated carbocycles. The molecule has 1 amide bonds. The van der Waals surface area contributed by atoms with Crippen LogP contribution in [0.25, 0.3) is 0 Å². The van der Waals surface area contributed by atoms with Crippen LogP contribution >= 0.6 is 0 Å². The molecule has 10 heavy (non-hydrogen) atoms. The van der Waals surface area contributed by atoms with Gasteiger partial charge in [0.2, 0.25) is 6.35 Å². The van der Waals surface area contributed by atoms with Crippen molar-refractivity contribution in [3.8, 4) is 0 Å². The van der Waals surface area contributed by atoms with Gasteiger partial charge in [0.05, 0.1) is 0 Å². The van der Waals surface area contributed by atoms with Gasteiger partial charge in [0.25, 0.3) is 5.91 Å². The minimum atomic E-state index is -1.00. The van der Waals surface area contributed by atoms with E-state index >= 15 is 0 Å². The average molecular weight is 143 g/mol. The van der Waals surface area contributed by atoms with Crippen LogP contribution in [0.2, 0.25) is 0 Å². The maximum Gasteiger partial charge on any atom is 0.251 e. The molecule has 0 saturated heterocycles. The molecule has 0 spiro atoms. The van der Waals surface area contributed by atoms with E-state index in [1.54, 1.807) is 7.05 Å². The highest BCUT2D eigenvalue weighted by Crippen LogP contribution is 2.01. The van der Waals surface area contributed by atoms with Gasteiger partial charge in [0.1, 0.15) is 5.82 Å². The van der Waals surface area contributed by atoms with E-state index in [9.17, 15) is 4.79 Å². The molecule has 1 aliphatic heterocycles. The molecule has 0 radical (unpaired) electrons. The van der Waals surface area contributed by atoms with Gasteiger partial charge in [-0.15, -0.1) is 0 Å². The molecule has 1 rings (SSSR count). The van der Waals surface area contributed by atoms with Crippen molar-refractivity contribution >= 4 is 5.91 Å². The predicted molar refractivity (Wildman–Crippen MR) is 34.2 cm³/mol. The lowest BCUT2D eigenvalue weighted by Crippen LogP contribution is -2.50. The van der Waals surface area contributed by atoms with E-state index in [-0.39, 0.29) is 11.7 Å². The molecular weight excluding hydrogens is 134 g/mol. The topological polar surface area (TPSA) is 78.6 Å². The fraction of sp³-hybridized carbons (Fsp3) is 0.400. The van der Waals surface area contributed by atoms with Gasteiger partial charge in [-0.3, -0.25) is 4.79 Å². The van der Waals surface area contributed by atoms with Crippen LogP contribution in [0, 0.1) is 0 Å². The van der Waals surface area contributed by atoms with Gasteiger partial charge in [-0.2, -0.15) is 0 Å². The second kappa shape index (κ2) is 2.18. The molecule has 5 nitrogen and oxygen atoms in total. The summed E-state index contributed by atoms with van der Waals surface area (Å²) in [6.45, 7) is 0. The zero-order chi connectivity index (χ0) is 7.72. The zero-order valence-corrected chi connectivity index (χ0v) is 5.53. The Morgan fingerprint density at radius 2 is 2.50 bits per heavy atom. The first kappa shape index (κ1) is 6.88. The Morgan fingerprint density at radius 3 is 3.00 bits per heavy atom. The number of nitrogens with one attached hydrogen (secondary N) is 1. The number of carbonyl (C=O) groups excluding carboxylic acids is 1. The lowest BCUT2D eigenvalue weighted by atomic mass is 10.4. The molecule has 5 heteroatoms. The van der Waals surface area contributed by atoms with Crippen LogP contribution in [0.5, 0.6) is 0 Å². The second-order valence-electron chi connectivity index (χ2n) is 2.06. The smallest absolute Gasteiger partial charge is 0.251 e. The molecule has 0 aromatic carbocycles. The van der Waals surface area contributed by atoms with Crippen molar-refractivity contribution in [3.63, 3.8) is 0 Å². The molecule has 1 unspecified atom stereocenters. The lowest BCUT2D eigenvalue weighted by Gasteiger charge is -2.29. The van der Waals surface area contributed by atoms with Crippen LogP contribution in [0.15, 0.2) is 11.9 Å². The highest BCUT2D eigenvalue weighted by molar-refractivity contribution is 5.88. The highest BCUT2D eigenvalue weighted by Gasteiger charge is 2.19. The van der Waals surface area contributed by atoms with Crippen molar-refractivity contribution in [2.45, 2.75) is 6.35 Å². The average Bonchev–Trinajstić information content (AvgIpc) is 1.82. The molecule has 1 aliphatic rings. The molecular formula is C5H9N3O2. The Balaban J connectivity index is 2.80. The van der Waals surface area contributed by atoms with Crippen molar-refractivity contribution in [2.75, 3.05) is 7.05 Å². The summed E-state index contributed by atoms with van der Waals surface area (Å²) in [6, 6.07) is 0. The summed E-state index contributed by atoms with van der Waals surface area (Å²) in [6.07, 6.45) is 0.213. The number of aliphatic hydroxyl groups is 1. The number of aliphatic hydroxyl groups excluding tert-OH is 1. The van der Waals surface area contributed by atoms with Gasteiger partial charge < -0.3 is 21.1 Å². The molecule has 4 N–H and O–H groups in total. The van der Waals surface area contributed by atoms with Crippen LogP contribution in [0.3, 0.4) is 0 Å². The van der Waals surface area contributed by atoms with Crippen LogP contribution in [-0.4, -0.2) is 29.3 Å². The summed E-state index contributed by atoms with van der Waals surface area (Å²) in [7, 11) is 1.58. The third-order valence-electron chi connectivity index (χ3n) is 1.32. The number of nitrogens with two attached hydrogens (primary N) is 1. The molecule has 0 aromatic rings. The number of carbonyl (C=O) groups is 1. The number of rotatable bonds is 0. The molecule has 1 heterocycles. The fourth-order valence-corrected chi connectivity index (χ4v) is 0.643. The second-order valence-corrected chi connectivity index (χ2v) is 2.06. The molecule has 56 valence electrons. The van der Waals surface area contributed by atoms with E-state index in [4.69, 9.17) is 10.8 Å². The number of amides is 1. The third kappa shape index (κ3) is 1.03. The van der Waals surface area contributed by atoms with Crippen molar-refractivity contribution in [1.29, 1.82) is 0 Å². The van der Waals surface area contributed by atoms with E-state index in [1.807, 2.05) is 0 Å². The van der Waals surface area contributed by atoms with Gasteiger partial charge >= 0.3 is 0 Å². The van der Waals surface area contributed by atoms with Crippen molar-refractivity contribution in [3.05, 3.63) is 11.9 Å². The first-order valence-corrected chi connectivity index (χ1v) is 2.80. The minimum Gasteiger partial charge on any atom is -0.385 e. The Morgan fingerprint density at radius 1 is 1.90 bits per heavy atom. The predicted octanol–water partition coefficient (Wildman–Crippen LogP) is -1.88. The maximum atomic E-state index is 10.6. The Labute approximate surface area is 58.1 Å². The Bertz CT molecular complexity index is 189. The summed E-state index contributed by atoms with van der Waals surface area (Å²) in [5.74, 6) is -0.112. The minimum absolute atomic E-state index is 0.260. The van der Waals surface area contributed by atoms with Gasteiger partial charge in [-0.05, 0) is 0 Å². The van der Waals surface area contributed by atoms with Gasteiger partial charge in [-0.25, -0.2) is 0 Å². The molecule has 0 fully saturated rings. The fourth-order valence-electron chi connectivity index (χ4n) is 0.643. The van der Waals surface area contributed by atoms with E-state index in [2.05, 4.69) is 5.32 Å². The van der Waals surface area contributed by atoms with Crippen LogP contribution in [-0.2, 0) is 4.79 Å². The normalized spacial score (nSPS) is 25.8. The van der Waals surface area contributed by atoms with E-state index in [0.717, 1.165) is 0 Å². The largest absolute Gasteiger partial charge is 0.385 e. The number of nitrogens with zero attached hydrogens (tertiary/aromatic N) is 1.